The van der Waals surface area contributed by atoms with Crippen molar-refractivity contribution in [1.82, 2.24) is 9.80 Å². The van der Waals surface area contributed by atoms with Crippen molar-refractivity contribution in [3.8, 4) is 11.9 Å². The SMILES string of the molecule is CC1CN(Cc2ccc(F)cc2)CCN1C(=O)COc1ccc(Cl)cc1N(C#N)C(=N)N. The Balaban J connectivity index is 1.60. The first-order chi connectivity index (χ1) is 15.3. The molecule has 0 aromatic heterocycles. The highest BCUT2D eigenvalue weighted by Gasteiger charge is 2.28. The standard InChI is InChI=1S/C22H24ClFN6O2/c1-15-11-28(12-16-2-5-18(24)6-3-16)8-9-29(15)21(31)13-32-20-7-4-17(23)10-19(20)30(14-25)22(26)27/h2-7,10,15H,8-9,11-13H2,1H3,(H3,26,27). The first kappa shape index (κ1) is 23.3. The number of anilines is 1. The van der Waals surface area contributed by atoms with Gasteiger partial charge < -0.3 is 15.4 Å². The predicted octanol–water partition coefficient (Wildman–Crippen LogP) is 2.77. The van der Waals surface area contributed by atoms with Crippen molar-refractivity contribution < 1.29 is 13.9 Å². The summed E-state index contributed by atoms with van der Waals surface area (Å²) >= 11 is 6.00. The Morgan fingerprint density at radius 2 is 2.06 bits per heavy atom. The monoisotopic (exact) mass is 458 g/mol. The molecule has 1 heterocycles. The van der Waals surface area contributed by atoms with Crippen molar-refractivity contribution in [2.24, 2.45) is 5.73 Å². The van der Waals surface area contributed by atoms with E-state index in [0.29, 0.717) is 31.2 Å². The number of amides is 1. The average molecular weight is 459 g/mol. The lowest BCUT2D eigenvalue weighted by molar-refractivity contribution is -0.137. The molecular formula is C22H24ClFN6O2. The van der Waals surface area contributed by atoms with Gasteiger partial charge in [-0.2, -0.15) is 5.26 Å². The van der Waals surface area contributed by atoms with Crippen LogP contribution in [0.25, 0.3) is 0 Å². The van der Waals surface area contributed by atoms with Gasteiger partial charge in [-0.15, -0.1) is 0 Å². The molecule has 1 aliphatic rings. The van der Waals surface area contributed by atoms with Crippen LogP contribution in [-0.4, -0.2) is 53.9 Å². The van der Waals surface area contributed by atoms with E-state index in [4.69, 9.17) is 27.5 Å². The molecule has 8 nitrogen and oxygen atoms in total. The molecule has 1 aliphatic heterocycles. The maximum Gasteiger partial charge on any atom is 0.260 e. The minimum Gasteiger partial charge on any atom is -0.482 e. The Bertz CT molecular complexity index is 1030. The largest absolute Gasteiger partial charge is 0.482 e. The fraction of sp³-hybridized carbons (Fsp3) is 0.318. The zero-order valence-corrected chi connectivity index (χ0v) is 18.3. The average Bonchev–Trinajstić information content (AvgIpc) is 2.75. The van der Waals surface area contributed by atoms with Gasteiger partial charge in [0.2, 0.25) is 5.96 Å². The number of guanidine groups is 1. The number of hydrogen-bond acceptors (Lipinski definition) is 5. The molecule has 2 aromatic rings. The summed E-state index contributed by atoms with van der Waals surface area (Å²) in [5, 5.41) is 17.2. The Morgan fingerprint density at radius 1 is 1.34 bits per heavy atom. The van der Waals surface area contributed by atoms with Gasteiger partial charge in [0, 0.05) is 37.2 Å². The van der Waals surface area contributed by atoms with Gasteiger partial charge in [0.05, 0.1) is 0 Å². The van der Waals surface area contributed by atoms with E-state index in [1.165, 1.54) is 24.3 Å². The summed E-state index contributed by atoms with van der Waals surface area (Å²) in [6.07, 6.45) is 1.79. The summed E-state index contributed by atoms with van der Waals surface area (Å²) < 4.78 is 18.8. The van der Waals surface area contributed by atoms with Crippen LogP contribution in [0, 0.1) is 22.7 Å². The highest BCUT2D eigenvalue weighted by Crippen LogP contribution is 2.31. The van der Waals surface area contributed by atoms with Crippen LogP contribution in [0.1, 0.15) is 12.5 Å². The maximum absolute atomic E-state index is 13.1. The van der Waals surface area contributed by atoms with Crippen LogP contribution in [0.2, 0.25) is 5.02 Å². The van der Waals surface area contributed by atoms with E-state index in [1.54, 1.807) is 29.3 Å². The number of rotatable bonds is 6. The molecular weight excluding hydrogens is 435 g/mol. The Kier molecular flexibility index (Phi) is 7.51. The molecule has 1 unspecified atom stereocenters. The highest BCUT2D eigenvalue weighted by atomic mass is 35.5. The van der Waals surface area contributed by atoms with Crippen LogP contribution >= 0.6 is 11.6 Å². The summed E-state index contributed by atoms with van der Waals surface area (Å²) in [5.41, 5.74) is 6.66. The van der Waals surface area contributed by atoms with E-state index in [9.17, 15) is 14.4 Å². The van der Waals surface area contributed by atoms with Crippen LogP contribution in [0.3, 0.4) is 0 Å². The van der Waals surface area contributed by atoms with E-state index >= 15 is 0 Å². The minimum absolute atomic E-state index is 0.0298. The van der Waals surface area contributed by atoms with Crippen molar-refractivity contribution in [3.63, 3.8) is 0 Å². The van der Waals surface area contributed by atoms with E-state index in [-0.39, 0.29) is 35.8 Å². The lowest BCUT2D eigenvalue weighted by Crippen LogP contribution is -2.54. The normalized spacial score (nSPS) is 16.3. The maximum atomic E-state index is 13.1. The Labute approximate surface area is 191 Å². The van der Waals surface area contributed by atoms with Crippen LogP contribution in [-0.2, 0) is 11.3 Å². The van der Waals surface area contributed by atoms with Gasteiger partial charge in [-0.1, -0.05) is 23.7 Å². The van der Waals surface area contributed by atoms with Crippen molar-refractivity contribution in [2.75, 3.05) is 31.1 Å². The summed E-state index contributed by atoms with van der Waals surface area (Å²) in [5.74, 6) is -0.715. The zero-order chi connectivity index (χ0) is 23.3. The number of nitriles is 1. The molecule has 2 aromatic carbocycles. The molecule has 3 rings (SSSR count). The third-order valence-corrected chi connectivity index (χ3v) is 5.44. The second-order valence-corrected chi connectivity index (χ2v) is 7.96. The number of carbonyl (C=O) groups excluding carboxylic acids is 1. The lowest BCUT2D eigenvalue weighted by Gasteiger charge is -2.40. The summed E-state index contributed by atoms with van der Waals surface area (Å²) in [7, 11) is 0. The van der Waals surface area contributed by atoms with Gasteiger partial charge in [-0.05, 0) is 42.8 Å². The van der Waals surface area contributed by atoms with E-state index in [1.807, 2.05) is 6.92 Å². The Morgan fingerprint density at radius 3 is 2.69 bits per heavy atom. The predicted molar refractivity (Wildman–Crippen MR) is 120 cm³/mol. The summed E-state index contributed by atoms with van der Waals surface area (Å²) in [4.78, 5) is 17.6. The smallest absolute Gasteiger partial charge is 0.260 e. The second-order valence-electron chi connectivity index (χ2n) is 7.52. The first-order valence-corrected chi connectivity index (χ1v) is 10.4. The van der Waals surface area contributed by atoms with Crippen molar-refractivity contribution in [2.45, 2.75) is 19.5 Å². The van der Waals surface area contributed by atoms with Crippen LogP contribution in [0.5, 0.6) is 5.75 Å². The molecule has 32 heavy (non-hydrogen) atoms. The van der Waals surface area contributed by atoms with Gasteiger partial charge in [0.25, 0.3) is 5.91 Å². The molecule has 3 N–H and O–H groups in total. The zero-order valence-electron chi connectivity index (χ0n) is 17.6. The fourth-order valence-electron chi connectivity index (χ4n) is 3.64. The Hall–Kier alpha value is -3.35. The minimum atomic E-state index is -0.489. The summed E-state index contributed by atoms with van der Waals surface area (Å²) in [6, 6.07) is 10.9. The number of piperazine rings is 1. The molecule has 0 spiro atoms. The highest BCUT2D eigenvalue weighted by molar-refractivity contribution is 6.31. The second kappa shape index (κ2) is 10.3. The van der Waals surface area contributed by atoms with Crippen molar-refractivity contribution in [3.05, 3.63) is 58.9 Å². The number of nitrogens with two attached hydrogens (primary N) is 1. The molecule has 0 aliphatic carbocycles. The number of carbonyl (C=O) groups is 1. The van der Waals surface area contributed by atoms with E-state index < -0.39 is 5.96 Å². The lowest BCUT2D eigenvalue weighted by atomic mass is 10.1. The van der Waals surface area contributed by atoms with Gasteiger partial charge >= 0.3 is 0 Å². The van der Waals surface area contributed by atoms with Gasteiger partial charge in [-0.3, -0.25) is 15.1 Å². The van der Waals surface area contributed by atoms with Crippen LogP contribution in [0.4, 0.5) is 10.1 Å². The number of nitrogens with one attached hydrogen (secondary N) is 1. The molecule has 1 fully saturated rings. The number of benzene rings is 2. The quantitative estimate of drug-likeness (QED) is 0.298. The van der Waals surface area contributed by atoms with Crippen molar-refractivity contribution in [1.29, 1.82) is 10.7 Å². The van der Waals surface area contributed by atoms with E-state index in [2.05, 4.69) is 4.90 Å². The topological polar surface area (TPSA) is 110 Å². The van der Waals surface area contributed by atoms with Gasteiger partial charge in [-0.25, -0.2) is 9.29 Å². The van der Waals surface area contributed by atoms with Crippen molar-refractivity contribution >= 4 is 29.2 Å². The molecule has 0 bridgehead atoms. The number of nitrogens with zero attached hydrogens (tertiary/aromatic N) is 4. The number of hydrogen-bond donors (Lipinski definition) is 2. The molecule has 168 valence electrons. The van der Waals surface area contributed by atoms with E-state index in [0.717, 1.165) is 10.5 Å². The van der Waals surface area contributed by atoms with Gasteiger partial charge in [0.15, 0.2) is 12.8 Å². The molecule has 0 radical (unpaired) electrons. The van der Waals surface area contributed by atoms with Gasteiger partial charge in [0.1, 0.15) is 17.3 Å². The summed E-state index contributed by atoms with van der Waals surface area (Å²) in [6.45, 7) is 4.33. The molecule has 1 atom stereocenters. The first-order valence-electron chi connectivity index (χ1n) is 10.0. The third kappa shape index (κ3) is 5.66. The molecule has 1 saturated heterocycles. The third-order valence-electron chi connectivity index (χ3n) is 5.21. The number of ether oxygens (including phenoxy) is 1. The fourth-order valence-corrected chi connectivity index (χ4v) is 3.81. The molecule has 10 heteroatoms. The van der Waals surface area contributed by atoms with Crippen LogP contribution in [0.15, 0.2) is 42.5 Å². The molecule has 0 saturated carbocycles. The molecule has 1 amide bonds. The van der Waals surface area contributed by atoms with Crippen LogP contribution < -0.4 is 15.4 Å². The number of halogens is 2.